The molecule has 0 bridgehead atoms. The summed E-state index contributed by atoms with van der Waals surface area (Å²) in [4.78, 5) is 13.9. The van der Waals surface area contributed by atoms with E-state index in [1.165, 1.54) is 5.56 Å². The number of carbonyl (C=O) groups excluding carboxylic acids is 1. The minimum Gasteiger partial charge on any atom is -0.335 e. The van der Waals surface area contributed by atoms with E-state index in [0.29, 0.717) is 12.0 Å². The first-order chi connectivity index (χ1) is 8.76. The minimum absolute atomic E-state index is 0.0859. The van der Waals surface area contributed by atoms with Crippen LogP contribution in [-0.4, -0.2) is 30.1 Å². The Morgan fingerprint density at radius 2 is 2.06 bits per heavy atom. The Balaban J connectivity index is 1.84. The predicted octanol–water partition coefficient (Wildman–Crippen LogP) is 2.98. The second-order valence-corrected chi connectivity index (χ2v) is 4.89. The van der Waals surface area contributed by atoms with Crippen LogP contribution in [0, 0.1) is 0 Å². The van der Waals surface area contributed by atoms with Crippen LogP contribution in [-0.2, 0) is 0 Å². The number of nitrogens with one attached hydrogen (secondary N) is 1. The van der Waals surface area contributed by atoms with Crippen molar-refractivity contribution >= 4 is 6.03 Å². The molecule has 2 amide bonds. The molecule has 0 aromatic heterocycles. The summed E-state index contributed by atoms with van der Waals surface area (Å²) in [5.41, 5.74) is 1.33. The molecular weight excluding hydrogens is 224 g/mol. The molecule has 0 saturated heterocycles. The number of urea groups is 1. The summed E-state index contributed by atoms with van der Waals surface area (Å²) in [6.45, 7) is 5.74. The van der Waals surface area contributed by atoms with Crippen molar-refractivity contribution in [2.45, 2.75) is 38.6 Å². The van der Waals surface area contributed by atoms with E-state index in [4.69, 9.17) is 0 Å². The monoisotopic (exact) mass is 246 g/mol. The smallest absolute Gasteiger partial charge is 0.317 e. The van der Waals surface area contributed by atoms with Gasteiger partial charge < -0.3 is 10.2 Å². The first kappa shape index (κ1) is 12.9. The number of hydrogen-bond acceptors (Lipinski definition) is 1. The van der Waals surface area contributed by atoms with Gasteiger partial charge in [-0.05, 0) is 25.3 Å². The molecule has 1 aromatic rings. The van der Waals surface area contributed by atoms with E-state index in [1.807, 2.05) is 17.9 Å². The third-order valence-electron chi connectivity index (χ3n) is 3.49. The third-order valence-corrected chi connectivity index (χ3v) is 3.49. The number of nitrogens with zero attached hydrogens (tertiary/aromatic N) is 1. The minimum atomic E-state index is 0.0859. The van der Waals surface area contributed by atoms with Gasteiger partial charge in [-0.1, -0.05) is 37.3 Å². The quantitative estimate of drug-likeness (QED) is 0.851. The van der Waals surface area contributed by atoms with Crippen LogP contribution in [0.5, 0.6) is 0 Å². The highest BCUT2D eigenvalue weighted by molar-refractivity contribution is 5.75. The summed E-state index contributed by atoms with van der Waals surface area (Å²) in [6, 6.07) is 10.8. The van der Waals surface area contributed by atoms with Gasteiger partial charge in [0.25, 0.3) is 0 Å². The van der Waals surface area contributed by atoms with Gasteiger partial charge in [0.1, 0.15) is 0 Å². The zero-order valence-corrected chi connectivity index (χ0v) is 11.2. The number of carbonyl (C=O) groups is 1. The number of hydrogen-bond donors (Lipinski definition) is 1. The van der Waals surface area contributed by atoms with Crippen LogP contribution in [0.1, 0.15) is 38.2 Å². The molecule has 1 fully saturated rings. The topological polar surface area (TPSA) is 32.3 Å². The molecule has 2 atom stereocenters. The molecule has 1 aliphatic rings. The van der Waals surface area contributed by atoms with E-state index >= 15 is 0 Å². The Morgan fingerprint density at radius 1 is 1.33 bits per heavy atom. The molecule has 1 N–H and O–H groups in total. The van der Waals surface area contributed by atoms with Crippen molar-refractivity contribution in [3.8, 4) is 0 Å². The molecule has 0 spiro atoms. The van der Waals surface area contributed by atoms with Gasteiger partial charge in [-0.25, -0.2) is 4.79 Å². The molecule has 0 radical (unpaired) electrons. The Hall–Kier alpha value is -1.51. The van der Waals surface area contributed by atoms with Crippen molar-refractivity contribution in [1.29, 1.82) is 0 Å². The average molecular weight is 246 g/mol. The molecule has 0 heterocycles. The van der Waals surface area contributed by atoms with Crippen LogP contribution in [0.15, 0.2) is 30.3 Å². The highest BCUT2D eigenvalue weighted by Crippen LogP contribution is 2.40. The zero-order chi connectivity index (χ0) is 13.0. The van der Waals surface area contributed by atoms with E-state index in [2.05, 4.69) is 36.5 Å². The van der Waals surface area contributed by atoms with Crippen molar-refractivity contribution in [1.82, 2.24) is 10.2 Å². The molecular formula is C15H22N2O. The standard InChI is InChI=1S/C15H22N2O/c1-3-10-17(4-2)15(18)16-14-11-13(14)12-8-6-5-7-9-12/h5-9,13-14H,3-4,10-11H2,1-2H3,(H,16,18). The second-order valence-electron chi connectivity index (χ2n) is 4.89. The van der Waals surface area contributed by atoms with Gasteiger partial charge in [0.05, 0.1) is 0 Å². The van der Waals surface area contributed by atoms with Crippen LogP contribution in [0.25, 0.3) is 0 Å². The Labute approximate surface area is 109 Å². The van der Waals surface area contributed by atoms with Crippen LogP contribution in [0.4, 0.5) is 4.79 Å². The first-order valence-corrected chi connectivity index (χ1v) is 6.86. The van der Waals surface area contributed by atoms with Gasteiger partial charge in [-0.3, -0.25) is 0 Å². The van der Waals surface area contributed by atoms with Gasteiger partial charge in [0.15, 0.2) is 0 Å². The van der Waals surface area contributed by atoms with E-state index in [9.17, 15) is 4.79 Å². The molecule has 1 aromatic carbocycles. The fourth-order valence-electron chi connectivity index (χ4n) is 2.35. The van der Waals surface area contributed by atoms with Crippen molar-refractivity contribution in [2.75, 3.05) is 13.1 Å². The maximum Gasteiger partial charge on any atom is 0.317 e. The Bertz CT molecular complexity index is 391. The molecule has 18 heavy (non-hydrogen) atoms. The zero-order valence-electron chi connectivity index (χ0n) is 11.2. The normalized spacial score (nSPS) is 21.4. The van der Waals surface area contributed by atoms with E-state index in [0.717, 1.165) is 25.9 Å². The summed E-state index contributed by atoms with van der Waals surface area (Å²) in [7, 11) is 0. The molecule has 1 aliphatic carbocycles. The predicted molar refractivity (Wildman–Crippen MR) is 73.7 cm³/mol. The SMILES string of the molecule is CCCN(CC)C(=O)NC1CC1c1ccccc1. The lowest BCUT2D eigenvalue weighted by Crippen LogP contribution is -2.41. The van der Waals surface area contributed by atoms with E-state index in [-0.39, 0.29) is 6.03 Å². The molecule has 3 heteroatoms. The fourth-order valence-corrected chi connectivity index (χ4v) is 2.35. The second kappa shape index (κ2) is 5.89. The van der Waals surface area contributed by atoms with Crippen LogP contribution in [0.3, 0.4) is 0 Å². The maximum atomic E-state index is 12.0. The Morgan fingerprint density at radius 3 is 2.67 bits per heavy atom. The largest absolute Gasteiger partial charge is 0.335 e. The summed E-state index contributed by atoms with van der Waals surface area (Å²) >= 11 is 0. The summed E-state index contributed by atoms with van der Waals surface area (Å²) in [5.74, 6) is 0.510. The molecule has 0 aliphatic heterocycles. The highest BCUT2D eigenvalue weighted by Gasteiger charge is 2.39. The van der Waals surface area contributed by atoms with Gasteiger partial charge in [-0.15, -0.1) is 0 Å². The van der Waals surface area contributed by atoms with Gasteiger partial charge in [0, 0.05) is 25.0 Å². The first-order valence-electron chi connectivity index (χ1n) is 6.86. The molecule has 1 saturated carbocycles. The van der Waals surface area contributed by atoms with Crippen molar-refractivity contribution < 1.29 is 4.79 Å². The summed E-state index contributed by atoms with van der Waals surface area (Å²) in [5, 5.41) is 3.13. The van der Waals surface area contributed by atoms with Crippen LogP contribution >= 0.6 is 0 Å². The lowest BCUT2D eigenvalue weighted by molar-refractivity contribution is 0.200. The number of amides is 2. The lowest BCUT2D eigenvalue weighted by Gasteiger charge is -2.20. The van der Waals surface area contributed by atoms with Crippen LogP contribution < -0.4 is 5.32 Å². The van der Waals surface area contributed by atoms with Gasteiger partial charge in [0.2, 0.25) is 0 Å². The molecule has 2 rings (SSSR count). The lowest BCUT2D eigenvalue weighted by atomic mass is 10.1. The third kappa shape index (κ3) is 3.03. The van der Waals surface area contributed by atoms with Gasteiger partial charge >= 0.3 is 6.03 Å². The number of benzene rings is 1. The molecule has 3 nitrogen and oxygen atoms in total. The van der Waals surface area contributed by atoms with E-state index in [1.54, 1.807) is 0 Å². The van der Waals surface area contributed by atoms with Crippen molar-refractivity contribution in [2.24, 2.45) is 0 Å². The molecule has 98 valence electrons. The van der Waals surface area contributed by atoms with Crippen LogP contribution in [0.2, 0.25) is 0 Å². The molecule has 2 unspecified atom stereocenters. The average Bonchev–Trinajstić information content (AvgIpc) is 3.16. The highest BCUT2D eigenvalue weighted by atomic mass is 16.2. The van der Waals surface area contributed by atoms with Crippen molar-refractivity contribution in [3.63, 3.8) is 0 Å². The summed E-state index contributed by atoms with van der Waals surface area (Å²) < 4.78 is 0. The van der Waals surface area contributed by atoms with Crippen molar-refractivity contribution in [3.05, 3.63) is 35.9 Å². The summed E-state index contributed by atoms with van der Waals surface area (Å²) in [6.07, 6.45) is 2.08. The van der Waals surface area contributed by atoms with E-state index < -0.39 is 0 Å². The van der Waals surface area contributed by atoms with Gasteiger partial charge in [-0.2, -0.15) is 0 Å². The Kier molecular flexibility index (Phi) is 4.24. The maximum absolute atomic E-state index is 12.0. The fraction of sp³-hybridized carbons (Fsp3) is 0.533. The number of rotatable bonds is 5.